The second-order valence-electron chi connectivity index (χ2n) is 8.66. The van der Waals surface area contributed by atoms with Gasteiger partial charge in [0, 0.05) is 10.7 Å². The summed E-state index contributed by atoms with van der Waals surface area (Å²) in [7, 11) is 0. The van der Waals surface area contributed by atoms with Gasteiger partial charge in [-0.15, -0.1) is 0 Å². The standard InChI is InChI=1S/C26H18Cl2N4O3/c27-15-10-11-19(18(28)12-15)31-25(34)20-21(26(31)35)23(24(33)30-16-7-2-1-3-8-16)32-22(20)17-9-5-4-6-14(17)13-29-32/h1-13,20-23H,(H,30,33)/t20-,21+,22?,23-/m1/s1. The Balaban J connectivity index is 1.46. The van der Waals surface area contributed by atoms with Crippen LogP contribution < -0.4 is 10.2 Å². The first-order chi connectivity index (χ1) is 17.0. The van der Waals surface area contributed by atoms with Gasteiger partial charge in [0.05, 0.1) is 34.8 Å². The van der Waals surface area contributed by atoms with Gasteiger partial charge in [0.15, 0.2) is 0 Å². The molecule has 0 radical (unpaired) electrons. The van der Waals surface area contributed by atoms with E-state index < -0.39 is 41.6 Å². The molecule has 3 aliphatic rings. The minimum atomic E-state index is -0.984. The maximum atomic E-state index is 13.8. The van der Waals surface area contributed by atoms with E-state index in [4.69, 9.17) is 23.2 Å². The lowest BCUT2D eigenvalue weighted by Gasteiger charge is -2.33. The number of benzene rings is 3. The van der Waals surface area contributed by atoms with Crippen molar-refractivity contribution in [3.8, 4) is 0 Å². The third-order valence-corrected chi connectivity index (χ3v) is 7.29. The molecule has 3 aromatic carbocycles. The zero-order valence-electron chi connectivity index (χ0n) is 18.1. The number of hydrazone groups is 1. The molecule has 0 bridgehead atoms. The van der Waals surface area contributed by atoms with E-state index in [1.165, 1.54) is 6.07 Å². The SMILES string of the molecule is O=C(Nc1ccccc1)[C@H]1[C@H]2C(=O)N(c3ccc(Cl)cc3Cl)C(=O)[C@H]2C2c3ccccc3C=NN21. The molecule has 3 aliphatic heterocycles. The van der Waals surface area contributed by atoms with E-state index in [1.54, 1.807) is 47.6 Å². The molecule has 7 nitrogen and oxygen atoms in total. The van der Waals surface area contributed by atoms with Crippen LogP contribution in [0.5, 0.6) is 0 Å². The maximum absolute atomic E-state index is 13.8. The van der Waals surface area contributed by atoms with Crippen molar-refractivity contribution in [2.75, 3.05) is 10.2 Å². The number of carbonyl (C=O) groups excluding carboxylic acids is 3. The van der Waals surface area contributed by atoms with Crippen molar-refractivity contribution in [1.82, 2.24) is 5.01 Å². The van der Waals surface area contributed by atoms with Gasteiger partial charge in [-0.25, -0.2) is 4.90 Å². The summed E-state index contributed by atoms with van der Waals surface area (Å²) in [4.78, 5) is 42.3. The second-order valence-corrected chi connectivity index (χ2v) is 9.50. The molecule has 3 amide bonds. The number of hydrogen-bond donors (Lipinski definition) is 1. The van der Waals surface area contributed by atoms with E-state index in [9.17, 15) is 14.4 Å². The van der Waals surface area contributed by atoms with E-state index >= 15 is 0 Å². The molecule has 1 unspecified atom stereocenters. The van der Waals surface area contributed by atoms with Crippen LogP contribution in [0.15, 0.2) is 77.9 Å². The molecule has 2 fully saturated rings. The molecular weight excluding hydrogens is 487 g/mol. The van der Waals surface area contributed by atoms with Crippen LogP contribution in [0.4, 0.5) is 11.4 Å². The highest BCUT2D eigenvalue weighted by Crippen LogP contribution is 2.53. The summed E-state index contributed by atoms with van der Waals surface area (Å²) in [5.41, 5.74) is 2.53. The van der Waals surface area contributed by atoms with Crippen LogP contribution in [0.3, 0.4) is 0 Å². The maximum Gasteiger partial charge on any atom is 0.249 e. The zero-order valence-corrected chi connectivity index (χ0v) is 19.6. The van der Waals surface area contributed by atoms with Crippen molar-refractivity contribution in [3.05, 3.63) is 94.0 Å². The van der Waals surface area contributed by atoms with E-state index in [-0.39, 0.29) is 10.7 Å². The molecule has 0 spiro atoms. The number of halogens is 2. The molecule has 4 atom stereocenters. The normalized spacial score (nSPS) is 24.3. The predicted molar refractivity (Wildman–Crippen MR) is 133 cm³/mol. The third-order valence-electron chi connectivity index (χ3n) is 6.75. The van der Waals surface area contributed by atoms with Crippen molar-refractivity contribution in [2.45, 2.75) is 12.1 Å². The van der Waals surface area contributed by atoms with Crippen molar-refractivity contribution < 1.29 is 14.4 Å². The minimum absolute atomic E-state index is 0.184. The Hall–Kier alpha value is -3.68. The molecular formula is C26H18Cl2N4O3. The first kappa shape index (κ1) is 21.8. The van der Waals surface area contributed by atoms with Gasteiger partial charge in [0.1, 0.15) is 6.04 Å². The fourth-order valence-electron chi connectivity index (χ4n) is 5.31. The van der Waals surface area contributed by atoms with Gasteiger partial charge in [-0.1, -0.05) is 65.7 Å². The van der Waals surface area contributed by atoms with Crippen molar-refractivity contribution in [2.24, 2.45) is 16.9 Å². The molecule has 3 heterocycles. The van der Waals surface area contributed by atoms with Gasteiger partial charge in [0.25, 0.3) is 0 Å². The van der Waals surface area contributed by atoms with Crippen LogP contribution in [-0.2, 0) is 14.4 Å². The first-order valence-corrected chi connectivity index (χ1v) is 11.8. The number of nitrogens with zero attached hydrogens (tertiary/aromatic N) is 3. The van der Waals surface area contributed by atoms with Gasteiger partial charge >= 0.3 is 0 Å². The largest absolute Gasteiger partial charge is 0.324 e. The molecule has 174 valence electrons. The summed E-state index contributed by atoms with van der Waals surface area (Å²) in [5.74, 6) is -3.05. The fourth-order valence-corrected chi connectivity index (χ4v) is 5.80. The number of rotatable bonds is 3. The van der Waals surface area contributed by atoms with E-state index in [0.717, 1.165) is 16.0 Å². The van der Waals surface area contributed by atoms with Crippen molar-refractivity contribution in [3.63, 3.8) is 0 Å². The third kappa shape index (κ3) is 3.34. The Kier molecular flexibility index (Phi) is 5.12. The van der Waals surface area contributed by atoms with Crippen molar-refractivity contribution >= 4 is 58.5 Å². The number of para-hydroxylation sites is 1. The summed E-state index contributed by atoms with van der Waals surface area (Å²) in [6, 6.07) is 19.6. The van der Waals surface area contributed by atoms with E-state index in [2.05, 4.69) is 10.4 Å². The summed E-state index contributed by atoms with van der Waals surface area (Å²) in [6.45, 7) is 0. The predicted octanol–water partition coefficient (Wildman–Crippen LogP) is 4.51. The van der Waals surface area contributed by atoms with Crippen LogP contribution in [0.25, 0.3) is 0 Å². The van der Waals surface area contributed by atoms with E-state index in [1.807, 2.05) is 30.3 Å². The Morgan fingerprint density at radius 1 is 0.886 bits per heavy atom. The lowest BCUT2D eigenvalue weighted by molar-refractivity contribution is -0.129. The molecule has 2 saturated heterocycles. The molecule has 0 aliphatic carbocycles. The van der Waals surface area contributed by atoms with Crippen LogP contribution in [0.1, 0.15) is 17.2 Å². The van der Waals surface area contributed by atoms with Gasteiger partial charge in [-0.3, -0.25) is 19.4 Å². The lowest BCUT2D eigenvalue weighted by atomic mass is 9.85. The highest BCUT2D eigenvalue weighted by molar-refractivity contribution is 6.38. The number of imide groups is 1. The molecule has 0 saturated carbocycles. The number of nitrogens with one attached hydrogen (secondary N) is 1. The second kappa shape index (κ2) is 8.22. The molecule has 1 N–H and O–H groups in total. The number of fused-ring (bicyclic) bond motifs is 5. The molecule has 6 rings (SSSR count). The fraction of sp³-hybridized carbons (Fsp3) is 0.154. The summed E-state index contributed by atoms with van der Waals surface area (Å²) < 4.78 is 0. The van der Waals surface area contributed by atoms with E-state index in [0.29, 0.717) is 10.7 Å². The average molecular weight is 505 g/mol. The summed E-state index contributed by atoms with van der Waals surface area (Å²) >= 11 is 12.4. The summed E-state index contributed by atoms with van der Waals surface area (Å²) in [6.07, 6.45) is 1.67. The Morgan fingerprint density at radius 2 is 1.60 bits per heavy atom. The van der Waals surface area contributed by atoms with Gasteiger partial charge in [0.2, 0.25) is 17.7 Å². The van der Waals surface area contributed by atoms with Crippen LogP contribution >= 0.6 is 23.2 Å². The van der Waals surface area contributed by atoms with Gasteiger partial charge in [-0.05, 0) is 41.5 Å². The Bertz CT molecular complexity index is 1410. The quantitative estimate of drug-likeness (QED) is 0.532. The number of carbonyl (C=O) groups is 3. The topological polar surface area (TPSA) is 82.1 Å². The average Bonchev–Trinajstić information content (AvgIpc) is 3.33. The summed E-state index contributed by atoms with van der Waals surface area (Å²) in [5, 5.41) is 9.59. The number of hydrogen-bond acceptors (Lipinski definition) is 5. The molecule has 3 aromatic rings. The smallest absolute Gasteiger partial charge is 0.249 e. The van der Waals surface area contributed by atoms with Gasteiger partial charge < -0.3 is 5.32 Å². The highest BCUT2D eigenvalue weighted by Gasteiger charge is 2.65. The highest BCUT2D eigenvalue weighted by atomic mass is 35.5. The minimum Gasteiger partial charge on any atom is -0.324 e. The Morgan fingerprint density at radius 3 is 2.37 bits per heavy atom. The van der Waals surface area contributed by atoms with Crippen LogP contribution in [0.2, 0.25) is 10.0 Å². The number of amides is 3. The molecule has 35 heavy (non-hydrogen) atoms. The lowest BCUT2D eigenvalue weighted by Crippen LogP contribution is -2.46. The first-order valence-electron chi connectivity index (χ1n) is 11.1. The monoisotopic (exact) mass is 504 g/mol. The molecule has 9 heteroatoms. The number of anilines is 2. The zero-order chi connectivity index (χ0) is 24.3. The Labute approximate surface area is 210 Å². The van der Waals surface area contributed by atoms with Crippen molar-refractivity contribution in [1.29, 1.82) is 0 Å². The van der Waals surface area contributed by atoms with Gasteiger partial charge in [-0.2, -0.15) is 5.10 Å². The van der Waals surface area contributed by atoms with Crippen LogP contribution in [-0.4, -0.2) is 35.0 Å². The molecule has 0 aromatic heterocycles. The van der Waals surface area contributed by atoms with Crippen LogP contribution in [0, 0.1) is 11.8 Å².